The van der Waals surface area contributed by atoms with Gasteiger partial charge < -0.3 is 4.84 Å². The highest BCUT2D eigenvalue weighted by atomic mass is 16.7. The maximum atomic E-state index is 11.7. The van der Waals surface area contributed by atoms with Crippen LogP contribution in [0.1, 0.15) is 37.0 Å². The summed E-state index contributed by atoms with van der Waals surface area (Å²) in [7, 11) is 1.70. The van der Waals surface area contributed by atoms with E-state index in [0.29, 0.717) is 11.4 Å². The van der Waals surface area contributed by atoms with E-state index >= 15 is 0 Å². The maximum absolute atomic E-state index is 11.7. The highest BCUT2D eigenvalue weighted by molar-refractivity contribution is 5.87. The smallest absolute Gasteiger partial charge is 0.337 e. The summed E-state index contributed by atoms with van der Waals surface area (Å²) in [4.78, 5) is 16.7. The van der Waals surface area contributed by atoms with Crippen LogP contribution in [0.25, 0.3) is 0 Å². The normalized spacial score (nSPS) is 11.1. The van der Waals surface area contributed by atoms with Crippen LogP contribution in [-0.2, 0) is 11.9 Å². The Bertz CT molecular complexity index is 441. The van der Waals surface area contributed by atoms with Crippen molar-refractivity contribution >= 4 is 5.97 Å². The zero-order valence-electron chi connectivity index (χ0n) is 11.0. The zero-order chi connectivity index (χ0) is 13.2. The van der Waals surface area contributed by atoms with Gasteiger partial charge in [0.2, 0.25) is 0 Å². The number of aromatic nitrogens is 2. The summed E-state index contributed by atoms with van der Waals surface area (Å²) >= 11 is 0. The van der Waals surface area contributed by atoms with Crippen molar-refractivity contribution in [1.82, 2.24) is 15.3 Å². The quantitative estimate of drug-likeness (QED) is 0.816. The fourth-order valence-corrected chi connectivity index (χ4v) is 1.11. The van der Waals surface area contributed by atoms with E-state index < -0.39 is 5.97 Å². The molecule has 0 fully saturated rings. The third kappa shape index (κ3) is 3.34. The predicted octanol–water partition coefficient (Wildman–Crippen LogP) is 1.95. The minimum Gasteiger partial charge on any atom is -0.337 e. The second-order valence-corrected chi connectivity index (χ2v) is 5.01. The van der Waals surface area contributed by atoms with Crippen LogP contribution in [0.15, 0.2) is 18.3 Å². The fourth-order valence-electron chi connectivity index (χ4n) is 1.11. The Balaban J connectivity index is 2.63. The SMILES string of the molecule is C=C(NOC(=O)c1cc(C)nn1C)C(C)(C)C. The van der Waals surface area contributed by atoms with Gasteiger partial charge in [0.15, 0.2) is 0 Å². The van der Waals surface area contributed by atoms with Gasteiger partial charge in [-0.2, -0.15) is 5.10 Å². The molecule has 0 aliphatic heterocycles. The van der Waals surface area contributed by atoms with Crippen LogP contribution in [0.3, 0.4) is 0 Å². The minimum atomic E-state index is -0.474. The van der Waals surface area contributed by atoms with Crippen LogP contribution >= 0.6 is 0 Å². The van der Waals surface area contributed by atoms with Crippen LogP contribution in [0.2, 0.25) is 0 Å². The van der Waals surface area contributed by atoms with Crippen molar-refractivity contribution in [2.75, 3.05) is 0 Å². The average molecular weight is 237 g/mol. The molecule has 0 atom stereocenters. The molecule has 5 heteroatoms. The second kappa shape index (κ2) is 4.61. The van der Waals surface area contributed by atoms with Crippen molar-refractivity contribution in [3.8, 4) is 0 Å². The summed E-state index contributed by atoms with van der Waals surface area (Å²) in [6.07, 6.45) is 0. The Labute approximate surface area is 101 Å². The highest BCUT2D eigenvalue weighted by Crippen LogP contribution is 2.20. The summed E-state index contributed by atoms with van der Waals surface area (Å²) < 4.78 is 1.49. The van der Waals surface area contributed by atoms with Crippen LogP contribution in [0, 0.1) is 12.3 Å². The Morgan fingerprint density at radius 2 is 2.12 bits per heavy atom. The highest BCUT2D eigenvalue weighted by Gasteiger charge is 2.18. The largest absolute Gasteiger partial charge is 0.380 e. The second-order valence-electron chi connectivity index (χ2n) is 5.01. The number of carbonyl (C=O) groups is 1. The Morgan fingerprint density at radius 1 is 1.53 bits per heavy atom. The number of carbonyl (C=O) groups excluding carboxylic acids is 1. The van der Waals surface area contributed by atoms with Crippen LogP contribution in [0.4, 0.5) is 0 Å². The first-order valence-corrected chi connectivity index (χ1v) is 5.39. The molecule has 0 aliphatic carbocycles. The van der Waals surface area contributed by atoms with Crippen molar-refractivity contribution in [3.63, 3.8) is 0 Å². The summed E-state index contributed by atoms with van der Waals surface area (Å²) in [5.74, 6) is -0.474. The van der Waals surface area contributed by atoms with Gasteiger partial charge in [-0.15, -0.1) is 0 Å². The molecule has 1 heterocycles. The lowest BCUT2D eigenvalue weighted by atomic mass is 9.94. The van der Waals surface area contributed by atoms with Gasteiger partial charge in [0.25, 0.3) is 0 Å². The lowest BCUT2D eigenvalue weighted by Gasteiger charge is -2.21. The molecular formula is C12H19N3O2. The van der Waals surface area contributed by atoms with E-state index in [9.17, 15) is 4.79 Å². The summed E-state index contributed by atoms with van der Waals surface area (Å²) in [6, 6.07) is 1.67. The molecule has 0 amide bonds. The zero-order valence-corrected chi connectivity index (χ0v) is 11.0. The third-order valence-corrected chi connectivity index (χ3v) is 2.38. The van der Waals surface area contributed by atoms with Gasteiger partial charge in [0.1, 0.15) is 5.69 Å². The fraction of sp³-hybridized carbons (Fsp3) is 0.500. The molecule has 1 rings (SSSR count). The van der Waals surface area contributed by atoms with Crippen molar-refractivity contribution in [2.45, 2.75) is 27.7 Å². The van der Waals surface area contributed by atoms with E-state index in [4.69, 9.17) is 4.84 Å². The van der Waals surface area contributed by atoms with Crippen molar-refractivity contribution in [1.29, 1.82) is 0 Å². The molecule has 0 bridgehead atoms. The molecule has 1 N–H and O–H groups in total. The molecule has 94 valence electrons. The molecule has 17 heavy (non-hydrogen) atoms. The van der Waals surface area contributed by atoms with Gasteiger partial charge >= 0.3 is 5.97 Å². The van der Waals surface area contributed by atoms with Crippen LogP contribution < -0.4 is 5.48 Å². The summed E-state index contributed by atoms with van der Waals surface area (Å²) in [5, 5.41) is 4.07. The topological polar surface area (TPSA) is 56.1 Å². The number of hydrogen-bond acceptors (Lipinski definition) is 4. The van der Waals surface area contributed by atoms with Crippen LogP contribution in [-0.4, -0.2) is 15.7 Å². The van der Waals surface area contributed by atoms with E-state index in [-0.39, 0.29) is 5.41 Å². The standard InChI is InChI=1S/C12H19N3O2/c1-8-7-10(15(6)13-8)11(16)17-14-9(2)12(3,4)5/h7,14H,2H2,1,3-6H3. The Kier molecular flexibility index (Phi) is 3.60. The Hall–Kier alpha value is -1.78. The molecule has 5 nitrogen and oxygen atoms in total. The number of rotatable bonds is 3. The molecule has 1 aromatic heterocycles. The number of aryl methyl sites for hydroxylation is 2. The van der Waals surface area contributed by atoms with Crippen molar-refractivity contribution in [2.24, 2.45) is 12.5 Å². The molecule has 0 aromatic carbocycles. The maximum Gasteiger partial charge on any atom is 0.380 e. The number of allylic oxidation sites excluding steroid dienone is 1. The lowest BCUT2D eigenvalue weighted by Crippen LogP contribution is -2.27. The molecule has 1 aromatic rings. The van der Waals surface area contributed by atoms with Crippen molar-refractivity contribution < 1.29 is 9.63 Å². The summed E-state index contributed by atoms with van der Waals surface area (Å²) in [6.45, 7) is 11.6. The summed E-state index contributed by atoms with van der Waals surface area (Å²) in [5.41, 5.74) is 4.22. The first-order valence-electron chi connectivity index (χ1n) is 5.39. The van der Waals surface area contributed by atoms with E-state index in [0.717, 1.165) is 5.69 Å². The first-order chi connectivity index (χ1) is 7.71. The molecule has 0 saturated carbocycles. The average Bonchev–Trinajstić information content (AvgIpc) is 2.52. The van der Waals surface area contributed by atoms with Gasteiger partial charge in [-0.1, -0.05) is 27.4 Å². The molecule has 0 aliphatic rings. The molecule has 0 spiro atoms. The van der Waals surface area contributed by atoms with Gasteiger partial charge in [-0.05, 0) is 13.0 Å². The van der Waals surface area contributed by atoms with E-state index in [1.54, 1.807) is 13.1 Å². The van der Waals surface area contributed by atoms with Crippen LogP contribution in [0.5, 0.6) is 0 Å². The van der Waals surface area contributed by atoms with Gasteiger partial charge in [-0.3, -0.25) is 4.68 Å². The number of hydroxylamine groups is 1. The van der Waals surface area contributed by atoms with Crippen molar-refractivity contribution in [3.05, 3.63) is 29.7 Å². The number of nitrogens with one attached hydrogen (secondary N) is 1. The van der Waals surface area contributed by atoms with E-state index in [2.05, 4.69) is 17.2 Å². The molecule has 0 unspecified atom stereocenters. The molecular weight excluding hydrogens is 218 g/mol. The first kappa shape index (κ1) is 13.3. The van der Waals surface area contributed by atoms with Gasteiger partial charge in [-0.25, -0.2) is 10.3 Å². The monoisotopic (exact) mass is 237 g/mol. The van der Waals surface area contributed by atoms with Gasteiger partial charge in [0, 0.05) is 18.2 Å². The predicted molar refractivity (Wildman–Crippen MR) is 65.1 cm³/mol. The number of hydrogen-bond donors (Lipinski definition) is 1. The number of nitrogens with zero attached hydrogens (tertiary/aromatic N) is 2. The van der Waals surface area contributed by atoms with E-state index in [1.165, 1.54) is 4.68 Å². The Morgan fingerprint density at radius 3 is 2.53 bits per heavy atom. The van der Waals surface area contributed by atoms with Gasteiger partial charge in [0.05, 0.1) is 5.69 Å². The lowest BCUT2D eigenvalue weighted by molar-refractivity contribution is 0.0276. The minimum absolute atomic E-state index is 0.164. The molecule has 0 saturated heterocycles. The van der Waals surface area contributed by atoms with E-state index in [1.807, 2.05) is 27.7 Å². The third-order valence-electron chi connectivity index (χ3n) is 2.38. The molecule has 0 radical (unpaired) electrons.